The lowest BCUT2D eigenvalue weighted by molar-refractivity contribution is 0.195. The third-order valence-electron chi connectivity index (χ3n) is 2.37. The number of aryl methyl sites for hydroxylation is 2. The molecule has 2 N–H and O–H groups in total. The third kappa shape index (κ3) is 2.97. The van der Waals surface area contributed by atoms with Gasteiger partial charge in [0.15, 0.2) is 5.69 Å². The first-order chi connectivity index (χ1) is 7.19. The standard InChI is InChI=1S/C12H16N2O/c1-9-7-10(5-4-6-15-3)11(13)8-12(9)14-2/h7-8H,4-6,13H2,1,3H3. The lowest BCUT2D eigenvalue weighted by atomic mass is 10.0. The van der Waals surface area contributed by atoms with Gasteiger partial charge in [-0.3, -0.25) is 0 Å². The van der Waals surface area contributed by atoms with Gasteiger partial charge in [-0.15, -0.1) is 0 Å². The summed E-state index contributed by atoms with van der Waals surface area (Å²) in [5.74, 6) is 0. The van der Waals surface area contributed by atoms with Gasteiger partial charge in [-0.2, -0.15) is 0 Å². The van der Waals surface area contributed by atoms with Crippen LogP contribution in [0.4, 0.5) is 11.4 Å². The minimum atomic E-state index is 0.642. The Morgan fingerprint density at radius 3 is 2.80 bits per heavy atom. The normalized spacial score (nSPS) is 9.93. The summed E-state index contributed by atoms with van der Waals surface area (Å²) in [6.45, 7) is 9.65. The Morgan fingerprint density at radius 1 is 1.47 bits per heavy atom. The molecule has 3 heteroatoms. The molecule has 1 aromatic carbocycles. The van der Waals surface area contributed by atoms with E-state index in [0.29, 0.717) is 11.4 Å². The van der Waals surface area contributed by atoms with Crippen LogP contribution in [0.5, 0.6) is 0 Å². The van der Waals surface area contributed by atoms with Crippen molar-refractivity contribution in [2.45, 2.75) is 19.8 Å². The molecule has 0 aliphatic rings. The first-order valence-electron chi connectivity index (χ1n) is 4.94. The van der Waals surface area contributed by atoms with E-state index in [9.17, 15) is 0 Å². The third-order valence-corrected chi connectivity index (χ3v) is 2.37. The van der Waals surface area contributed by atoms with Crippen molar-refractivity contribution in [3.05, 3.63) is 34.7 Å². The maximum atomic E-state index is 6.97. The van der Waals surface area contributed by atoms with Crippen molar-refractivity contribution in [2.75, 3.05) is 19.5 Å². The molecule has 0 atom stereocenters. The molecule has 0 heterocycles. The molecule has 0 aliphatic heterocycles. The Hall–Kier alpha value is -1.53. The fraction of sp³-hybridized carbons (Fsp3) is 0.417. The smallest absolute Gasteiger partial charge is 0.192 e. The Morgan fingerprint density at radius 2 is 2.20 bits per heavy atom. The fourth-order valence-electron chi connectivity index (χ4n) is 1.52. The number of hydrogen-bond donors (Lipinski definition) is 1. The van der Waals surface area contributed by atoms with Crippen molar-refractivity contribution in [2.24, 2.45) is 0 Å². The van der Waals surface area contributed by atoms with E-state index in [1.807, 2.05) is 13.0 Å². The van der Waals surface area contributed by atoms with Gasteiger partial charge in [0.2, 0.25) is 0 Å². The number of nitrogen functional groups attached to an aromatic ring is 1. The summed E-state index contributed by atoms with van der Waals surface area (Å²) in [6.07, 6.45) is 1.86. The van der Waals surface area contributed by atoms with E-state index in [4.69, 9.17) is 17.0 Å². The van der Waals surface area contributed by atoms with E-state index in [0.717, 1.165) is 30.6 Å². The molecule has 3 nitrogen and oxygen atoms in total. The lowest BCUT2D eigenvalue weighted by Crippen LogP contribution is -1.98. The molecular formula is C12H16N2O. The number of anilines is 1. The van der Waals surface area contributed by atoms with Crippen LogP contribution in [0.2, 0.25) is 0 Å². The fourth-order valence-corrected chi connectivity index (χ4v) is 1.52. The zero-order valence-electron chi connectivity index (χ0n) is 9.21. The van der Waals surface area contributed by atoms with Gasteiger partial charge in [0.05, 0.1) is 6.57 Å². The number of benzene rings is 1. The second-order valence-electron chi connectivity index (χ2n) is 3.55. The summed E-state index contributed by atoms with van der Waals surface area (Å²) in [4.78, 5) is 3.41. The average Bonchev–Trinajstić information content (AvgIpc) is 2.23. The highest BCUT2D eigenvalue weighted by Gasteiger charge is 2.04. The van der Waals surface area contributed by atoms with Crippen LogP contribution >= 0.6 is 0 Å². The number of methoxy groups -OCH3 is 1. The Labute approximate surface area is 90.7 Å². The SMILES string of the molecule is [C-]#[N+]c1cc(N)c(CCCOC)cc1C. The topological polar surface area (TPSA) is 39.6 Å². The molecular weight excluding hydrogens is 188 g/mol. The molecule has 0 bridgehead atoms. The highest BCUT2D eigenvalue weighted by molar-refractivity contribution is 5.63. The zero-order chi connectivity index (χ0) is 11.3. The number of ether oxygens (including phenoxy) is 1. The van der Waals surface area contributed by atoms with Gasteiger partial charge >= 0.3 is 0 Å². The number of nitrogens with two attached hydrogens (primary N) is 1. The molecule has 0 saturated carbocycles. The molecule has 0 unspecified atom stereocenters. The molecule has 0 fully saturated rings. The Kier molecular flexibility index (Phi) is 4.14. The van der Waals surface area contributed by atoms with Gasteiger partial charge in [0, 0.05) is 19.4 Å². The van der Waals surface area contributed by atoms with E-state index in [1.54, 1.807) is 13.2 Å². The quantitative estimate of drug-likeness (QED) is 0.465. The van der Waals surface area contributed by atoms with E-state index in [1.165, 1.54) is 0 Å². The second-order valence-corrected chi connectivity index (χ2v) is 3.55. The zero-order valence-corrected chi connectivity index (χ0v) is 9.21. The summed E-state index contributed by atoms with van der Waals surface area (Å²) in [6, 6.07) is 3.75. The molecule has 0 aliphatic carbocycles. The van der Waals surface area contributed by atoms with Crippen LogP contribution in [-0.4, -0.2) is 13.7 Å². The van der Waals surface area contributed by atoms with Gasteiger partial charge in [0.1, 0.15) is 0 Å². The van der Waals surface area contributed by atoms with Gasteiger partial charge < -0.3 is 10.5 Å². The van der Waals surface area contributed by atoms with E-state index in [2.05, 4.69) is 4.85 Å². The monoisotopic (exact) mass is 204 g/mol. The summed E-state index contributed by atoms with van der Waals surface area (Å²) < 4.78 is 4.99. The minimum Gasteiger partial charge on any atom is -0.400 e. The summed E-state index contributed by atoms with van der Waals surface area (Å²) >= 11 is 0. The van der Waals surface area contributed by atoms with Crippen LogP contribution in [0, 0.1) is 13.5 Å². The molecule has 0 spiro atoms. The molecule has 1 rings (SSSR count). The minimum absolute atomic E-state index is 0.642. The number of nitrogens with zero attached hydrogens (tertiary/aromatic N) is 1. The first kappa shape index (κ1) is 11.5. The predicted molar refractivity (Wildman–Crippen MR) is 62.1 cm³/mol. The van der Waals surface area contributed by atoms with Gasteiger partial charge in [-0.1, -0.05) is 6.07 Å². The van der Waals surface area contributed by atoms with Gasteiger partial charge in [-0.25, -0.2) is 4.85 Å². The van der Waals surface area contributed by atoms with E-state index >= 15 is 0 Å². The summed E-state index contributed by atoms with van der Waals surface area (Å²) in [5.41, 5.74) is 9.32. The average molecular weight is 204 g/mol. The van der Waals surface area contributed by atoms with E-state index in [-0.39, 0.29) is 0 Å². The summed E-state index contributed by atoms with van der Waals surface area (Å²) in [7, 11) is 1.69. The number of hydrogen-bond acceptors (Lipinski definition) is 2. The highest BCUT2D eigenvalue weighted by Crippen LogP contribution is 2.26. The second kappa shape index (κ2) is 5.38. The first-order valence-corrected chi connectivity index (χ1v) is 4.94. The molecule has 80 valence electrons. The largest absolute Gasteiger partial charge is 0.400 e. The Bertz CT molecular complexity index is 380. The molecule has 0 radical (unpaired) electrons. The Balaban J connectivity index is 2.82. The number of rotatable bonds is 4. The van der Waals surface area contributed by atoms with Crippen molar-refractivity contribution < 1.29 is 4.74 Å². The van der Waals surface area contributed by atoms with Crippen molar-refractivity contribution in [3.8, 4) is 0 Å². The van der Waals surface area contributed by atoms with Crippen LogP contribution in [-0.2, 0) is 11.2 Å². The van der Waals surface area contributed by atoms with Crippen molar-refractivity contribution in [1.29, 1.82) is 0 Å². The van der Waals surface area contributed by atoms with Crippen LogP contribution in [0.15, 0.2) is 12.1 Å². The van der Waals surface area contributed by atoms with Crippen LogP contribution in [0.3, 0.4) is 0 Å². The summed E-state index contributed by atoms with van der Waals surface area (Å²) in [5, 5.41) is 0. The van der Waals surface area contributed by atoms with Crippen LogP contribution in [0.1, 0.15) is 17.5 Å². The maximum Gasteiger partial charge on any atom is 0.192 e. The van der Waals surface area contributed by atoms with E-state index < -0.39 is 0 Å². The van der Waals surface area contributed by atoms with Crippen molar-refractivity contribution in [1.82, 2.24) is 0 Å². The predicted octanol–water partition coefficient (Wildman–Crippen LogP) is 2.71. The van der Waals surface area contributed by atoms with Crippen LogP contribution < -0.4 is 5.73 Å². The van der Waals surface area contributed by atoms with Crippen molar-refractivity contribution in [3.63, 3.8) is 0 Å². The highest BCUT2D eigenvalue weighted by atomic mass is 16.5. The molecule has 15 heavy (non-hydrogen) atoms. The molecule has 0 aromatic heterocycles. The van der Waals surface area contributed by atoms with Crippen LogP contribution in [0.25, 0.3) is 4.85 Å². The van der Waals surface area contributed by atoms with Crippen molar-refractivity contribution >= 4 is 11.4 Å². The molecule has 1 aromatic rings. The maximum absolute atomic E-state index is 6.97. The molecule has 0 saturated heterocycles. The van der Waals surface area contributed by atoms with Gasteiger partial charge in [0.25, 0.3) is 0 Å². The molecule has 0 amide bonds. The lowest BCUT2D eigenvalue weighted by Gasteiger charge is -2.08. The van der Waals surface area contributed by atoms with Gasteiger partial charge in [-0.05, 0) is 37.0 Å².